The van der Waals surface area contributed by atoms with Gasteiger partial charge < -0.3 is 10.4 Å². The van der Waals surface area contributed by atoms with Gasteiger partial charge in [-0.05, 0) is 52.7 Å². The monoisotopic (exact) mass is 323 g/mol. The molecular formula is C14H11BrFNO2. The number of carbonyl (C=O) groups is 1. The molecule has 98 valence electrons. The number of phenols is 1. The normalized spacial score (nSPS) is 10.3. The predicted octanol–water partition coefficient (Wildman–Crippen LogP) is 3.85. The van der Waals surface area contributed by atoms with E-state index in [9.17, 15) is 14.3 Å². The van der Waals surface area contributed by atoms with Crippen LogP contribution in [0.2, 0.25) is 0 Å². The van der Waals surface area contributed by atoms with Crippen molar-refractivity contribution in [3.05, 3.63) is 57.8 Å². The zero-order valence-corrected chi connectivity index (χ0v) is 11.7. The Bertz CT molecular complexity index is 643. The summed E-state index contributed by atoms with van der Waals surface area (Å²) >= 11 is 3.03. The summed E-state index contributed by atoms with van der Waals surface area (Å²) < 4.78 is 13.4. The molecule has 0 heterocycles. The van der Waals surface area contributed by atoms with E-state index in [4.69, 9.17) is 0 Å². The lowest BCUT2D eigenvalue weighted by molar-refractivity contribution is 0.102. The second-order valence-corrected chi connectivity index (χ2v) is 4.87. The maximum absolute atomic E-state index is 13.3. The van der Waals surface area contributed by atoms with Crippen molar-refractivity contribution >= 4 is 27.5 Å². The molecule has 2 aromatic carbocycles. The fourth-order valence-electron chi connectivity index (χ4n) is 1.62. The first kappa shape index (κ1) is 13.5. The Balaban J connectivity index is 2.28. The van der Waals surface area contributed by atoms with Gasteiger partial charge in [-0.1, -0.05) is 12.1 Å². The topological polar surface area (TPSA) is 49.3 Å². The van der Waals surface area contributed by atoms with Crippen molar-refractivity contribution < 1.29 is 14.3 Å². The maximum atomic E-state index is 13.3. The highest BCUT2D eigenvalue weighted by Gasteiger charge is 2.14. The summed E-state index contributed by atoms with van der Waals surface area (Å²) in [7, 11) is 0. The molecule has 19 heavy (non-hydrogen) atoms. The predicted molar refractivity (Wildman–Crippen MR) is 74.9 cm³/mol. The smallest absolute Gasteiger partial charge is 0.257 e. The number of anilines is 1. The molecule has 0 spiro atoms. The summed E-state index contributed by atoms with van der Waals surface area (Å²) in [6.45, 7) is 1.83. The third-order valence-electron chi connectivity index (χ3n) is 2.60. The second kappa shape index (κ2) is 5.40. The molecule has 2 rings (SSSR count). The van der Waals surface area contributed by atoms with Crippen molar-refractivity contribution in [2.24, 2.45) is 0 Å². The minimum Gasteiger partial charge on any atom is -0.506 e. The minimum absolute atomic E-state index is 0.0270. The van der Waals surface area contributed by atoms with Crippen LogP contribution in [-0.2, 0) is 0 Å². The van der Waals surface area contributed by atoms with E-state index in [1.54, 1.807) is 12.1 Å². The summed E-state index contributed by atoms with van der Waals surface area (Å²) in [4.78, 5) is 12.0. The lowest BCUT2D eigenvalue weighted by Gasteiger charge is -2.09. The average Bonchev–Trinajstić information content (AvgIpc) is 2.36. The zero-order chi connectivity index (χ0) is 14.0. The van der Waals surface area contributed by atoms with Crippen LogP contribution in [0.5, 0.6) is 5.75 Å². The highest BCUT2D eigenvalue weighted by atomic mass is 79.9. The molecule has 0 bridgehead atoms. The fourth-order valence-corrected chi connectivity index (χ4v) is 2.06. The molecule has 0 atom stereocenters. The van der Waals surface area contributed by atoms with Gasteiger partial charge in [0.15, 0.2) is 0 Å². The molecule has 2 N–H and O–H groups in total. The average molecular weight is 324 g/mol. The van der Waals surface area contributed by atoms with Gasteiger partial charge in [0.2, 0.25) is 0 Å². The molecule has 0 aliphatic heterocycles. The van der Waals surface area contributed by atoms with Crippen LogP contribution in [0, 0.1) is 12.7 Å². The van der Waals surface area contributed by atoms with Crippen molar-refractivity contribution in [3.63, 3.8) is 0 Å². The van der Waals surface area contributed by atoms with E-state index < -0.39 is 11.7 Å². The molecule has 0 saturated carbocycles. The van der Waals surface area contributed by atoms with Gasteiger partial charge >= 0.3 is 0 Å². The maximum Gasteiger partial charge on any atom is 0.257 e. The Morgan fingerprint density at radius 2 is 2.05 bits per heavy atom. The van der Waals surface area contributed by atoms with Gasteiger partial charge in [-0.3, -0.25) is 4.79 Å². The van der Waals surface area contributed by atoms with Gasteiger partial charge in [-0.2, -0.15) is 0 Å². The Hall–Kier alpha value is -1.88. The molecular weight excluding hydrogens is 313 g/mol. The van der Waals surface area contributed by atoms with Crippen molar-refractivity contribution in [3.8, 4) is 5.75 Å². The molecule has 0 radical (unpaired) electrons. The third kappa shape index (κ3) is 2.93. The van der Waals surface area contributed by atoms with Gasteiger partial charge in [0.1, 0.15) is 11.6 Å². The van der Waals surface area contributed by atoms with Crippen molar-refractivity contribution in [1.82, 2.24) is 0 Å². The second-order valence-electron chi connectivity index (χ2n) is 4.08. The first-order chi connectivity index (χ1) is 8.99. The molecule has 3 nitrogen and oxygen atoms in total. The van der Waals surface area contributed by atoms with E-state index in [1.807, 2.05) is 6.92 Å². The lowest BCUT2D eigenvalue weighted by Crippen LogP contribution is -2.13. The standard InChI is InChI=1S/C14H11BrFNO2/c1-8-5-6-11(12(18)7-8)17-14(19)9-3-2-4-10(16)13(9)15/h2-7,18H,1H3,(H,17,19). The SMILES string of the molecule is Cc1ccc(NC(=O)c2cccc(F)c2Br)c(O)c1. The zero-order valence-electron chi connectivity index (χ0n) is 10.1. The van der Waals surface area contributed by atoms with E-state index in [1.165, 1.54) is 24.3 Å². The van der Waals surface area contributed by atoms with Gasteiger partial charge in [-0.25, -0.2) is 4.39 Å². The van der Waals surface area contributed by atoms with Gasteiger partial charge in [-0.15, -0.1) is 0 Å². The number of hydrogen-bond acceptors (Lipinski definition) is 2. The van der Waals surface area contributed by atoms with E-state index in [-0.39, 0.29) is 21.5 Å². The van der Waals surface area contributed by atoms with E-state index in [0.717, 1.165) is 5.56 Å². The summed E-state index contributed by atoms with van der Waals surface area (Å²) in [5.74, 6) is -1.04. The number of aryl methyl sites for hydroxylation is 1. The Morgan fingerprint density at radius 1 is 1.32 bits per heavy atom. The van der Waals surface area contributed by atoms with Crippen LogP contribution in [-0.4, -0.2) is 11.0 Å². The Morgan fingerprint density at radius 3 is 2.74 bits per heavy atom. The Kier molecular flexibility index (Phi) is 3.85. The van der Waals surface area contributed by atoms with Crippen LogP contribution in [0.3, 0.4) is 0 Å². The molecule has 0 fully saturated rings. The first-order valence-electron chi connectivity index (χ1n) is 5.54. The molecule has 1 amide bonds. The number of nitrogens with one attached hydrogen (secondary N) is 1. The summed E-state index contributed by atoms with van der Waals surface area (Å²) in [6.07, 6.45) is 0. The fraction of sp³-hybridized carbons (Fsp3) is 0.0714. The van der Waals surface area contributed by atoms with Crippen LogP contribution in [0.15, 0.2) is 40.9 Å². The molecule has 0 aliphatic rings. The molecule has 2 aromatic rings. The molecule has 0 aliphatic carbocycles. The molecule has 5 heteroatoms. The van der Waals surface area contributed by atoms with Crippen LogP contribution in [0.4, 0.5) is 10.1 Å². The van der Waals surface area contributed by atoms with Gasteiger partial charge in [0.25, 0.3) is 5.91 Å². The summed E-state index contributed by atoms with van der Waals surface area (Å²) in [5, 5.41) is 12.2. The molecule has 0 aromatic heterocycles. The van der Waals surface area contributed by atoms with Crippen molar-refractivity contribution in [2.45, 2.75) is 6.92 Å². The lowest BCUT2D eigenvalue weighted by atomic mass is 10.1. The van der Waals surface area contributed by atoms with E-state index in [0.29, 0.717) is 0 Å². The number of aromatic hydroxyl groups is 1. The van der Waals surface area contributed by atoms with Crippen LogP contribution >= 0.6 is 15.9 Å². The highest BCUT2D eigenvalue weighted by molar-refractivity contribution is 9.10. The number of amides is 1. The molecule has 0 unspecified atom stereocenters. The summed E-state index contributed by atoms with van der Waals surface area (Å²) in [6, 6.07) is 9.09. The first-order valence-corrected chi connectivity index (χ1v) is 6.33. The van der Waals surface area contributed by atoms with E-state index in [2.05, 4.69) is 21.2 Å². The van der Waals surface area contributed by atoms with Crippen LogP contribution in [0.25, 0.3) is 0 Å². The number of phenolic OH excluding ortho intramolecular Hbond substituents is 1. The number of carbonyl (C=O) groups excluding carboxylic acids is 1. The largest absolute Gasteiger partial charge is 0.506 e. The number of benzene rings is 2. The third-order valence-corrected chi connectivity index (χ3v) is 3.40. The van der Waals surface area contributed by atoms with Crippen molar-refractivity contribution in [1.29, 1.82) is 0 Å². The molecule has 0 saturated heterocycles. The van der Waals surface area contributed by atoms with Gasteiger partial charge in [0.05, 0.1) is 15.7 Å². The number of rotatable bonds is 2. The summed E-state index contributed by atoms with van der Waals surface area (Å²) in [5.41, 5.74) is 1.33. The Labute approximate surface area is 118 Å². The number of halogens is 2. The quantitative estimate of drug-likeness (QED) is 0.824. The van der Waals surface area contributed by atoms with Crippen LogP contribution < -0.4 is 5.32 Å². The van der Waals surface area contributed by atoms with Crippen molar-refractivity contribution in [2.75, 3.05) is 5.32 Å². The highest BCUT2D eigenvalue weighted by Crippen LogP contribution is 2.26. The minimum atomic E-state index is -0.513. The van der Waals surface area contributed by atoms with Gasteiger partial charge in [0, 0.05) is 0 Å². The number of hydrogen-bond donors (Lipinski definition) is 2. The van der Waals surface area contributed by atoms with E-state index >= 15 is 0 Å². The van der Waals surface area contributed by atoms with Crippen LogP contribution in [0.1, 0.15) is 15.9 Å².